The minimum Gasteiger partial charge on any atom is -0.369 e. The van der Waals surface area contributed by atoms with Crippen molar-refractivity contribution < 1.29 is 4.79 Å². The zero-order valence-corrected chi connectivity index (χ0v) is 13.7. The molecule has 0 atom stereocenters. The molecule has 5 N–H and O–H groups in total. The molecule has 1 aliphatic carbocycles. The van der Waals surface area contributed by atoms with Gasteiger partial charge >= 0.3 is 0 Å². The second kappa shape index (κ2) is 7.61. The van der Waals surface area contributed by atoms with Crippen LogP contribution >= 0.6 is 0 Å². The van der Waals surface area contributed by atoms with E-state index in [4.69, 9.17) is 11.0 Å². The van der Waals surface area contributed by atoms with Gasteiger partial charge in [-0.1, -0.05) is 0 Å². The third kappa shape index (κ3) is 4.03. The van der Waals surface area contributed by atoms with Crippen molar-refractivity contribution >= 4 is 28.6 Å². The Hall–Kier alpha value is -3.15. The zero-order valence-electron chi connectivity index (χ0n) is 13.7. The first-order chi connectivity index (χ1) is 12.2. The van der Waals surface area contributed by atoms with Gasteiger partial charge in [0, 0.05) is 18.7 Å². The molecule has 1 aliphatic rings. The lowest BCUT2D eigenvalue weighted by molar-refractivity contribution is -0.121. The van der Waals surface area contributed by atoms with Gasteiger partial charge < -0.3 is 16.4 Å². The van der Waals surface area contributed by atoms with Gasteiger partial charge in [0.2, 0.25) is 18.1 Å². The number of nitrogens with two attached hydrogens (primary N) is 1. The molecule has 0 unspecified atom stereocenters. The predicted molar refractivity (Wildman–Crippen MR) is 93.2 cm³/mol. The Morgan fingerprint density at radius 3 is 3.00 bits per heavy atom. The van der Waals surface area contributed by atoms with E-state index in [1.165, 1.54) is 0 Å². The molecule has 130 valence electrons. The van der Waals surface area contributed by atoms with Crippen molar-refractivity contribution in [2.75, 3.05) is 11.9 Å². The van der Waals surface area contributed by atoms with Gasteiger partial charge in [-0.2, -0.15) is 10.4 Å². The van der Waals surface area contributed by atoms with Gasteiger partial charge in [0.25, 0.3) is 0 Å². The van der Waals surface area contributed by atoms with Crippen LogP contribution in [0.2, 0.25) is 0 Å². The van der Waals surface area contributed by atoms with Gasteiger partial charge in [0.05, 0.1) is 17.3 Å². The van der Waals surface area contributed by atoms with Crippen LogP contribution in [0.1, 0.15) is 25.7 Å². The maximum Gasteiger partial charge on any atom is 0.227 e. The van der Waals surface area contributed by atoms with Crippen LogP contribution in [-0.4, -0.2) is 33.6 Å². The quantitative estimate of drug-likeness (QED) is 0.372. The fourth-order valence-corrected chi connectivity index (χ4v) is 3.17. The highest BCUT2D eigenvalue weighted by Gasteiger charge is 2.26. The molecule has 1 fully saturated rings. The number of amides is 1. The van der Waals surface area contributed by atoms with Gasteiger partial charge in [0.1, 0.15) is 0 Å². The molecule has 0 aromatic carbocycles. The van der Waals surface area contributed by atoms with E-state index < -0.39 is 0 Å². The van der Waals surface area contributed by atoms with Gasteiger partial charge in [-0.05, 0) is 37.7 Å². The first-order valence-electron chi connectivity index (χ1n) is 8.22. The standard InChI is InChI=1S/C16H20N8O/c17-9-21-16(18)20-7-10-1-3-11(4-2-10)15(25)23-13-5-6-19-14-12(13)8-22-24-14/h5-6,8,10-11H,1-4,7H2,(H3,18,20,21)(H2,19,22,23,24,25)/t10-,11-. The maximum absolute atomic E-state index is 12.5. The molecule has 1 amide bonds. The lowest BCUT2D eigenvalue weighted by Gasteiger charge is -2.28. The molecule has 1 saturated carbocycles. The van der Waals surface area contributed by atoms with Crippen LogP contribution in [0.25, 0.3) is 11.0 Å². The Balaban J connectivity index is 1.51. The number of H-pyrrole nitrogens is 1. The number of fused-ring (bicyclic) bond motifs is 1. The fraction of sp³-hybridized carbons (Fsp3) is 0.438. The summed E-state index contributed by atoms with van der Waals surface area (Å²) in [6.07, 6.45) is 8.47. The van der Waals surface area contributed by atoms with Gasteiger partial charge in [-0.25, -0.2) is 4.98 Å². The Morgan fingerprint density at radius 1 is 1.44 bits per heavy atom. The summed E-state index contributed by atoms with van der Waals surface area (Å²) in [4.78, 5) is 20.1. The van der Waals surface area contributed by atoms with Gasteiger partial charge in [0.15, 0.2) is 5.65 Å². The van der Waals surface area contributed by atoms with Crippen molar-refractivity contribution in [1.29, 1.82) is 5.26 Å². The molecule has 25 heavy (non-hydrogen) atoms. The number of aromatic amines is 1. The van der Waals surface area contributed by atoms with E-state index in [2.05, 4.69) is 30.8 Å². The average molecular weight is 340 g/mol. The molecular weight excluding hydrogens is 320 g/mol. The Kier molecular flexibility index (Phi) is 5.09. The summed E-state index contributed by atoms with van der Waals surface area (Å²) in [7, 11) is 0. The molecule has 0 saturated heterocycles. The van der Waals surface area contributed by atoms with Crippen molar-refractivity contribution in [3.05, 3.63) is 18.5 Å². The molecule has 0 bridgehead atoms. The van der Waals surface area contributed by atoms with E-state index in [0.717, 1.165) is 36.8 Å². The number of carbonyl (C=O) groups is 1. The summed E-state index contributed by atoms with van der Waals surface area (Å²) >= 11 is 0. The minimum atomic E-state index is -0.00325. The highest BCUT2D eigenvalue weighted by atomic mass is 16.1. The number of nitrogens with zero attached hydrogens (tertiary/aromatic N) is 4. The number of anilines is 1. The summed E-state index contributed by atoms with van der Waals surface area (Å²) in [6, 6.07) is 1.78. The third-order valence-corrected chi connectivity index (χ3v) is 4.57. The maximum atomic E-state index is 12.5. The Labute approximate surface area is 144 Å². The number of guanidine groups is 1. The number of aliphatic imine (C=N–C) groups is 1. The molecule has 0 aliphatic heterocycles. The molecule has 3 rings (SSSR count). The molecule has 2 aromatic rings. The second-order valence-corrected chi connectivity index (χ2v) is 6.18. The minimum absolute atomic E-state index is 0.00325. The molecule has 9 nitrogen and oxygen atoms in total. The van der Waals surface area contributed by atoms with Crippen molar-refractivity contribution in [1.82, 2.24) is 20.5 Å². The lowest BCUT2D eigenvalue weighted by atomic mass is 9.81. The molecule has 0 radical (unpaired) electrons. The SMILES string of the molecule is N#C/N=C(/N)NC[C@H]1CC[C@H](C(=O)Nc2ccnc3[nH]ncc23)CC1. The van der Waals surface area contributed by atoms with Crippen LogP contribution in [-0.2, 0) is 4.79 Å². The van der Waals surface area contributed by atoms with Gasteiger partial charge in [-0.3, -0.25) is 9.89 Å². The zero-order chi connectivity index (χ0) is 17.6. The van der Waals surface area contributed by atoms with E-state index in [1.54, 1.807) is 24.7 Å². The molecule has 9 heteroatoms. The molecule has 2 heterocycles. The normalized spacial score (nSPS) is 20.8. The van der Waals surface area contributed by atoms with Crippen LogP contribution in [0.4, 0.5) is 5.69 Å². The summed E-state index contributed by atoms with van der Waals surface area (Å²) in [6.45, 7) is 0.672. The van der Waals surface area contributed by atoms with Crippen LogP contribution in [0.3, 0.4) is 0 Å². The summed E-state index contributed by atoms with van der Waals surface area (Å²) in [5.74, 6) is 0.601. The van der Waals surface area contributed by atoms with Crippen LogP contribution in [0.15, 0.2) is 23.5 Å². The molecular formula is C16H20N8O. The fourth-order valence-electron chi connectivity index (χ4n) is 3.17. The highest BCUT2D eigenvalue weighted by Crippen LogP contribution is 2.30. The van der Waals surface area contributed by atoms with Crippen LogP contribution in [0, 0.1) is 23.3 Å². The molecule has 2 aromatic heterocycles. The number of nitrogens with one attached hydrogen (secondary N) is 3. The topological polar surface area (TPSA) is 145 Å². The third-order valence-electron chi connectivity index (χ3n) is 4.57. The largest absolute Gasteiger partial charge is 0.369 e. The summed E-state index contributed by atoms with van der Waals surface area (Å²) in [5, 5.41) is 21.9. The van der Waals surface area contributed by atoms with E-state index in [0.29, 0.717) is 18.1 Å². The predicted octanol–water partition coefficient (Wildman–Crippen LogP) is 1.09. The second-order valence-electron chi connectivity index (χ2n) is 6.18. The van der Waals surface area contributed by atoms with Gasteiger partial charge in [-0.15, -0.1) is 4.99 Å². The van der Waals surface area contributed by atoms with Crippen molar-refractivity contribution in [2.24, 2.45) is 22.6 Å². The lowest BCUT2D eigenvalue weighted by Crippen LogP contribution is -2.37. The number of pyridine rings is 1. The summed E-state index contributed by atoms with van der Waals surface area (Å²) in [5.41, 5.74) is 6.93. The number of nitriles is 1. The van der Waals surface area contributed by atoms with Crippen LogP contribution in [0.5, 0.6) is 0 Å². The van der Waals surface area contributed by atoms with Crippen LogP contribution < -0.4 is 16.4 Å². The summed E-state index contributed by atoms with van der Waals surface area (Å²) < 4.78 is 0. The first kappa shape index (κ1) is 16.7. The smallest absolute Gasteiger partial charge is 0.227 e. The van der Waals surface area contributed by atoms with Crippen molar-refractivity contribution in [3.63, 3.8) is 0 Å². The monoisotopic (exact) mass is 340 g/mol. The highest BCUT2D eigenvalue weighted by molar-refractivity contribution is 6.00. The van der Waals surface area contributed by atoms with E-state index in [9.17, 15) is 4.79 Å². The Bertz CT molecular complexity index is 813. The van der Waals surface area contributed by atoms with E-state index >= 15 is 0 Å². The van der Waals surface area contributed by atoms with E-state index in [1.807, 2.05) is 0 Å². The van der Waals surface area contributed by atoms with E-state index in [-0.39, 0.29) is 17.8 Å². The number of rotatable bonds is 4. The molecule has 0 spiro atoms. The van der Waals surface area contributed by atoms with Crippen molar-refractivity contribution in [3.8, 4) is 6.19 Å². The number of carbonyl (C=O) groups excluding carboxylic acids is 1. The number of hydrogen-bond acceptors (Lipinski definition) is 5. The van der Waals surface area contributed by atoms with Crippen molar-refractivity contribution in [2.45, 2.75) is 25.7 Å². The first-order valence-corrected chi connectivity index (χ1v) is 8.22. The average Bonchev–Trinajstić information content (AvgIpc) is 3.10. The Morgan fingerprint density at radius 2 is 2.24 bits per heavy atom. The number of aromatic nitrogens is 3. The number of hydrogen-bond donors (Lipinski definition) is 4.